The fourth-order valence-corrected chi connectivity index (χ4v) is 4.09. The highest BCUT2D eigenvalue weighted by molar-refractivity contribution is 7.90. The summed E-state index contributed by atoms with van der Waals surface area (Å²) in [4.78, 5) is 16.4. The van der Waals surface area contributed by atoms with Crippen LogP contribution in [0.5, 0.6) is 0 Å². The van der Waals surface area contributed by atoms with E-state index in [1.807, 2.05) is 11.9 Å². The highest BCUT2D eigenvalue weighted by Gasteiger charge is 2.35. The van der Waals surface area contributed by atoms with Crippen LogP contribution in [0.15, 0.2) is 41.3 Å². The van der Waals surface area contributed by atoms with E-state index in [1.165, 1.54) is 24.3 Å². The summed E-state index contributed by atoms with van der Waals surface area (Å²) in [6.07, 6.45) is -3.75. The molecule has 1 amide bonds. The number of rotatable bonds is 4. The van der Waals surface area contributed by atoms with Gasteiger partial charge in [-0.15, -0.1) is 0 Å². The van der Waals surface area contributed by atoms with E-state index in [4.69, 9.17) is 11.6 Å². The lowest BCUT2D eigenvalue weighted by Crippen LogP contribution is -2.44. The van der Waals surface area contributed by atoms with Crippen LogP contribution in [0, 0.1) is 0 Å². The topological polar surface area (TPSA) is 69.7 Å². The predicted molar refractivity (Wildman–Crippen MR) is 114 cm³/mol. The molecule has 0 aliphatic carbocycles. The number of hydrogen-bond acceptors (Lipinski definition) is 5. The van der Waals surface area contributed by atoms with Crippen molar-refractivity contribution < 1.29 is 26.4 Å². The molecule has 168 valence electrons. The number of sulfone groups is 1. The van der Waals surface area contributed by atoms with Crippen LogP contribution in [0.3, 0.4) is 0 Å². The fraction of sp³-hybridized carbons (Fsp3) is 0.350. The Hall–Kier alpha value is -2.30. The van der Waals surface area contributed by atoms with Crippen molar-refractivity contribution >= 4 is 38.7 Å². The van der Waals surface area contributed by atoms with Crippen LogP contribution in [0.4, 0.5) is 24.5 Å². The molecule has 31 heavy (non-hydrogen) atoms. The van der Waals surface area contributed by atoms with E-state index in [9.17, 15) is 26.4 Å². The zero-order chi connectivity index (χ0) is 23.0. The third kappa shape index (κ3) is 5.50. The number of piperazine rings is 1. The molecule has 0 atom stereocenters. The number of halogens is 4. The quantitative estimate of drug-likeness (QED) is 0.729. The largest absolute Gasteiger partial charge is 0.418 e. The molecule has 1 saturated heterocycles. The molecule has 1 fully saturated rings. The van der Waals surface area contributed by atoms with Crippen molar-refractivity contribution in [2.24, 2.45) is 0 Å². The van der Waals surface area contributed by atoms with Gasteiger partial charge in [0.2, 0.25) is 0 Å². The van der Waals surface area contributed by atoms with Crippen LogP contribution in [-0.2, 0) is 16.0 Å². The van der Waals surface area contributed by atoms with E-state index in [0.717, 1.165) is 31.5 Å². The second kappa shape index (κ2) is 8.68. The Morgan fingerprint density at radius 2 is 1.71 bits per heavy atom. The molecule has 0 saturated carbocycles. The van der Waals surface area contributed by atoms with E-state index in [1.54, 1.807) is 0 Å². The van der Waals surface area contributed by atoms with Crippen molar-refractivity contribution in [2.75, 3.05) is 49.7 Å². The van der Waals surface area contributed by atoms with Crippen LogP contribution >= 0.6 is 11.6 Å². The van der Waals surface area contributed by atoms with Crippen molar-refractivity contribution in [3.63, 3.8) is 0 Å². The van der Waals surface area contributed by atoms with E-state index in [0.29, 0.717) is 18.8 Å². The maximum Gasteiger partial charge on any atom is 0.418 e. The summed E-state index contributed by atoms with van der Waals surface area (Å²) in [7, 11) is -1.68. The molecule has 0 radical (unpaired) electrons. The number of nitrogens with one attached hydrogen (secondary N) is 1. The summed E-state index contributed by atoms with van der Waals surface area (Å²) < 4.78 is 64.7. The Morgan fingerprint density at radius 1 is 1.06 bits per heavy atom. The Bertz CT molecular complexity index is 1100. The van der Waals surface area contributed by atoms with E-state index in [2.05, 4.69) is 10.2 Å². The number of carbonyl (C=O) groups is 1. The Balaban J connectivity index is 1.93. The number of amides is 1. The average Bonchev–Trinajstić information content (AvgIpc) is 2.67. The first kappa shape index (κ1) is 23.4. The van der Waals surface area contributed by atoms with Crippen LogP contribution in [0.25, 0.3) is 0 Å². The number of anilines is 2. The number of nitrogens with zero attached hydrogens (tertiary/aromatic N) is 2. The van der Waals surface area contributed by atoms with Gasteiger partial charge >= 0.3 is 6.18 Å². The lowest BCUT2D eigenvalue weighted by Gasteiger charge is -2.34. The lowest BCUT2D eigenvalue weighted by molar-refractivity contribution is -0.136. The predicted octanol–water partition coefficient (Wildman–Crippen LogP) is 3.77. The molecule has 1 aliphatic rings. The molecule has 2 aromatic rings. The second-order valence-corrected chi connectivity index (χ2v) is 9.81. The Kier molecular flexibility index (Phi) is 6.54. The summed E-state index contributed by atoms with van der Waals surface area (Å²) in [5, 5.41) is 2.15. The van der Waals surface area contributed by atoms with Crippen LogP contribution < -0.4 is 10.2 Å². The molecule has 0 bridgehead atoms. The number of benzene rings is 2. The van der Waals surface area contributed by atoms with Gasteiger partial charge in [0.25, 0.3) is 5.91 Å². The minimum absolute atomic E-state index is 0.0764. The maximum absolute atomic E-state index is 13.7. The number of likely N-dealkylation sites (N-methyl/N-ethyl adjacent to an activating group) is 1. The van der Waals surface area contributed by atoms with E-state index >= 15 is 0 Å². The molecule has 3 rings (SSSR count). The summed E-state index contributed by atoms with van der Waals surface area (Å²) in [6.45, 7) is 2.64. The third-order valence-electron chi connectivity index (χ3n) is 5.04. The standard InChI is InChI=1S/C20H21ClF3N3O3S/c1-26-7-9-27(10-8-26)13-3-6-18(16(11-13)20(22,23)24)25-19(28)15-12-14(31(2,29)30)4-5-17(15)21/h3-6,11-12H,7-10H2,1-2H3,(H,25,28). The first-order valence-corrected chi connectivity index (χ1v) is 11.6. The van der Waals surface area contributed by atoms with Gasteiger partial charge in [0.1, 0.15) is 0 Å². The van der Waals surface area contributed by atoms with Gasteiger partial charge in [-0.1, -0.05) is 11.6 Å². The fourth-order valence-electron chi connectivity index (χ4n) is 3.24. The molecule has 1 aliphatic heterocycles. The first-order chi connectivity index (χ1) is 14.4. The minimum atomic E-state index is -4.70. The molecular weight excluding hydrogens is 455 g/mol. The molecule has 1 heterocycles. The van der Waals surface area contributed by atoms with Gasteiger partial charge in [0.05, 0.1) is 26.7 Å². The Labute approximate surface area is 183 Å². The smallest absolute Gasteiger partial charge is 0.369 e. The minimum Gasteiger partial charge on any atom is -0.369 e. The molecule has 11 heteroatoms. The van der Waals surface area contributed by atoms with Crippen molar-refractivity contribution in [3.8, 4) is 0 Å². The SMILES string of the molecule is CN1CCN(c2ccc(NC(=O)c3cc(S(C)(=O)=O)ccc3Cl)c(C(F)(F)F)c2)CC1. The zero-order valence-corrected chi connectivity index (χ0v) is 18.4. The highest BCUT2D eigenvalue weighted by atomic mass is 35.5. The van der Waals surface area contributed by atoms with Gasteiger partial charge in [0, 0.05) is 38.1 Å². The van der Waals surface area contributed by atoms with Crippen molar-refractivity contribution in [1.29, 1.82) is 0 Å². The number of carbonyl (C=O) groups excluding carboxylic acids is 1. The highest BCUT2D eigenvalue weighted by Crippen LogP contribution is 2.38. The number of hydrogen-bond donors (Lipinski definition) is 1. The lowest BCUT2D eigenvalue weighted by atomic mass is 10.1. The maximum atomic E-state index is 13.7. The van der Waals surface area contributed by atoms with Crippen molar-refractivity contribution in [1.82, 2.24) is 4.90 Å². The molecule has 6 nitrogen and oxygen atoms in total. The molecule has 0 spiro atoms. The monoisotopic (exact) mass is 475 g/mol. The van der Waals surface area contributed by atoms with Crippen LogP contribution in [0.2, 0.25) is 5.02 Å². The van der Waals surface area contributed by atoms with Gasteiger partial charge in [-0.3, -0.25) is 4.79 Å². The van der Waals surface area contributed by atoms with Gasteiger partial charge < -0.3 is 15.1 Å². The van der Waals surface area contributed by atoms with Gasteiger partial charge in [0.15, 0.2) is 9.84 Å². The normalized spacial score (nSPS) is 15.7. The first-order valence-electron chi connectivity index (χ1n) is 9.32. The molecular formula is C20H21ClF3N3O3S. The summed E-state index contributed by atoms with van der Waals surface area (Å²) >= 11 is 5.99. The average molecular weight is 476 g/mol. The summed E-state index contributed by atoms with van der Waals surface area (Å²) in [6, 6.07) is 7.20. The second-order valence-electron chi connectivity index (χ2n) is 7.39. The van der Waals surface area contributed by atoms with Crippen molar-refractivity contribution in [3.05, 3.63) is 52.5 Å². The summed E-state index contributed by atoms with van der Waals surface area (Å²) in [5.41, 5.74) is -1.25. The van der Waals surface area contributed by atoms with Gasteiger partial charge in [-0.05, 0) is 43.4 Å². The van der Waals surface area contributed by atoms with Crippen LogP contribution in [-0.4, -0.2) is 58.7 Å². The molecule has 1 N–H and O–H groups in total. The summed E-state index contributed by atoms with van der Waals surface area (Å²) in [5.74, 6) is -0.937. The van der Waals surface area contributed by atoms with E-state index < -0.39 is 33.2 Å². The van der Waals surface area contributed by atoms with Crippen molar-refractivity contribution in [2.45, 2.75) is 11.1 Å². The molecule has 0 aromatic heterocycles. The third-order valence-corrected chi connectivity index (χ3v) is 6.48. The van der Waals surface area contributed by atoms with Gasteiger partial charge in [-0.2, -0.15) is 13.2 Å². The van der Waals surface area contributed by atoms with Gasteiger partial charge in [-0.25, -0.2) is 8.42 Å². The number of alkyl halides is 3. The Morgan fingerprint density at radius 3 is 2.29 bits per heavy atom. The molecule has 0 unspecified atom stereocenters. The van der Waals surface area contributed by atoms with E-state index in [-0.39, 0.29) is 15.5 Å². The molecule has 2 aromatic carbocycles. The zero-order valence-electron chi connectivity index (χ0n) is 16.8. The van der Waals surface area contributed by atoms with Crippen LogP contribution in [0.1, 0.15) is 15.9 Å².